The van der Waals surface area contributed by atoms with Crippen molar-refractivity contribution in [3.8, 4) is 11.5 Å². The van der Waals surface area contributed by atoms with Crippen LogP contribution in [0.5, 0.6) is 11.5 Å². The minimum absolute atomic E-state index is 0.0122. The first kappa shape index (κ1) is 19.8. The van der Waals surface area contributed by atoms with Crippen LogP contribution >= 0.6 is 11.3 Å². The van der Waals surface area contributed by atoms with Crippen molar-refractivity contribution in [2.24, 2.45) is 0 Å². The zero-order chi connectivity index (χ0) is 19.9. The third kappa shape index (κ3) is 5.53. The highest BCUT2D eigenvalue weighted by Gasteiger charge is 2.12. The highest BCUT2D eigenvalue weighted by Crippen LogP contribution is 2.25. The van der Waals surface area contributed by atoms with Crippen molar-refractivity contribution in [2.45, 2.75) is 33.3 Å². The van der Waals surface area contributed by atoms with E-state index in [4.69, 9.17) is 9.47 Å². The lowest BCUT2D eigenvalue weighted by Gasteiger charge is -2.14. The standard InChI is InChI=1S/C21H23N3O3S/c1-14(2)27-18-11-16(21(25)24-20-6-4-5-8-22-20)10-17(12-18)26-9-7-19-15(3)23-13-28-19/h4-6,8,10-14H,7,9H2,1-3H3,(H,22,24,25). The highest BCUT2D eigenvalue weighted by atomic mass is 32.1. The smallest absolute Gasteiger partial charge is 0.257 e. The van der Waals surface area contributed by atoms with E-state index in [0.717, 1.165) is 12.1 Å². The molecule has 0 atom stereocenters. The number of rotatable bonds is 8. The SMILES string of the molecule is Cc1ncsc1CCOc1cc(OC(C)C)cc(C(=O)Nc2ccccn2)c1. The van der Waals surface area contributed by atoms with Gasteiger partial charge in [-0.3, -0.25) is 4.79 Å². The molecule has 0 radical (unpaired) electrons. The van der Waals surface area contributed by atoms with Crippen LogP contribution in [0.3, 0.4) is 0 Å². The van der Waals surface area contributed by atoms with E-state index < -0.39 is 0 Å². The number of aryl methyl sites for hydroxylation is 1. The molecule has 28 heavy (non-hydrogen) atoms. The maximum atomic E-state index is 12.6. The summed E-state index contributed by atoms with van der Waals surface area (Å²) in [5.74, 6) is 1.40. The Bertz CT molecular complexity index is 926. The molecular formula is C21H23N3O3S. The molecule has 0 spiro atoms. The van der Waals surface area contributed by atoms with Crippen LogP contribution < -0.4 is 14.8 Å². The van der Waals surface area contributed by atoms with Gasteiger partial charge in [0.05, 0.1) is 23.9 Å². The molecule has 146 valence electrons. The number of ether oxygens (including phenoxy) is 2. The molecule has 0 unspecified atom stereocenters. The van der Waals surface area contributed by atoms with Gasteiger partial charge in [0, 0.05) is 29.1 Å². The van der Waals surface area contributed by atoms with Gasteiger partial charge in [0.1, 0.15) is 17.3 Å². The lowest BCUT2D eigenvalue weighted by atomic mass is 10.2. The summed E-state index contributed by atoms with van der Waals surface area (Å²) in [5, 5.41) is 2.78. The molecule has 2 aromatic heterocycles. The Hall–Kier alpha value is -2.93. The monoisotopic (exact) mass is 397 g/mol. The number of aromatic nitrogens is 2. The fourth-order valence-electron chi connectivity index (χ4n) is 2.58. The fraction of sp³-hybridized carbons (Fsp3) is 0.286. The largest absolute Gasteiger partial charge is 0.493 e. The molecule has 7 heteroatoms. The van der Waals surface area contributed by atoms with Crippen LogP contribution in [-0.2, 0) is 6.42 Å². The average Bonchev–Trinajstić information content (AvgIpc) is 3.07. The normalized spacial score (nSPS) is 10.7. The molecule has 0 saturated heterocycles. The molecule has 2 heterocycles. The van der Waals surface area contributed by atoms with E-state index in [1.54, 1.807) is 47.9 Å². The van der Waals surface area contributed by atoms with Crippen LogP contribution in [0.25, 0.3) is 0 Å². The second kappa shape index (κ2) is 9.32. The van der Waals surface area contributed by atoms with Gasteiger partial charge in [0.25, 0.3) is 5.91 Å². The fourth-order valence-corrected chi connectivity index (χ4v) is 3.34. The Balaban J connectivity index is 1.74. The number of benzene rings is 1. The van der Waals surface area contributed by atoms with Crippen molar-refractivity contribution in [3.05, 3.63) is 64.2 Å². The first-order valence-electron chi connectivity index (χ1n) is 9.07. The quantitative estimate of drug-likeness (QED) is 0.605. The van der Waals surface area contributed by atoms with Gasteiger partial charge in [-0.15, -0.1) is 11.3 Å². The van der Waals surface area contributed by atoms with Crippen molar-refractivity contribution in [2.75, 3.05) is 11.9 Å². The third-order valence-corrected chi connectivity index (χ3v) is 4.86. The van der Waals surface area contributed by atoms with Crippen LogP contribution in [0.1, 0.15) is 34.8 Å². The summed E-state index contributed by atoms with van der Waals surface area (Å²) in [6, 6.07) is 10.6. The molecule has 0 aliphatic carbocycles. The van der Waals surface area contributed by atoms with Crippen molar-refractivity contribution < 1.29 is 14.3 Å². The predicted octanol–water partition coefficient (Wildman–Crippen LogP) is 4.51. The molecule has 1 amide bonds. The number of carbonyl (C=O) groups is 1. The summed E-state index contributed by atoms with van der Waals surface area (Å²) in [4.78, 5) is 22.2. The summed E-state index contributed by atoms with van der Waals surface area (Å²) in [5.41, 5.74) is 3.32. The predicted molar refractivity (Wildman–Crippen MR) is 110 cm³/mol. The van der Waals surface area contributed by atoms with Gasteiger partial charge in [-0.2, -0.15) is 0 Å². The summed E-state index contributed by atoms with van der Waals surface area (Å²) in [6.07, 6.45) is 2.38. The van der Waals surface area contributed by atoms with Gasteiger partial charge in [-0.25, -0.2) is 9.97 Å². The molecule has 3 aromatic rings. The first-order chi connectivity index (χ1) is 13.5. The zero-order valence-electron chi connectivity index (χ0n) is 16.1. The Morgan fingerprint density at radius 3 is 2.68 bits per heavy atom. The van der Waals surface area contributed by atoms with Crippen molar-refractivity contribution >= 4 is 23.1 Å². The van der Waals surface area contributed by atoms with Gasteiger partial charge in [0.15, 0.2) is 0 Å². The molecule has 6 nitrogen and oxygen atoms in total. The van der Waals surface area contributed by atoms with Gasteiger partial charge in [-0.05, 0) is 45.0 Å². The summed E-state index contributed by atoms with van der Waals surface area (Å²) >= 11 is 1.62. The van der Waals surface area contributed by atoms with Gasteiger partial charge in [-0.1, -0.05) is 6.07 Å². The zero-order valence-corrected chi connectivity index (χ0v) is 17.0. The lowest BCUT2D eigenvalue weighted by molar-refractivity contribution is 0.102. The molecule has 0 aliphatic heterocycles. The van der Waals surface area contributed by atoms with Crippen LogP contribution in [0.2, 0.25) is 0 Å². The Kier molecular flexibility index (Phi) is 6.60. The molecule has 1 N–H and O–H groups in total. The summed E-state index contributed by atoms with van der Waals surface area (Å²) < 4.78 is 11.7. The molecule has 0 bridgehead atoms. The van der Waals surface area contributed by atoms with E-state index in [1.807, 2.05) is 32.3 Å². The minimum Gasteiger partial charge on any atom is -0.493 e. The number of anilines is 1. The number of nitrogens with zero attached hydrogens (tertiary/aromatic N) is 2. The third-order valence-electron chi connectivity index (χ3n) is 3.86. The van der Waals surface area contributed by atoms with E-state index in [1.165, 1.54) is 4.88 Å². The van der Waals surface area contributed by atoms with Crippen molar-refractivity contribution in [1.82, 2.24) is 9.97 Å². The maximum absolute atomic E-state index is 12.6. The molecule has 1 aromatic carbocycles. The van der Waals surface area contributed by atoms with E-state index in [-0.39, 0.29) is 12.0 Å². The molecular weight excluding hydrogens is 374 g/mol. The van der Waals surface area contributed by atoms with Crippen LogP contribution in [0.15, 0.2) is 48.1 Å². The topological polar surface area (TPSA) is 73.3 Å². The minimum atomic E-state index is -0.268. The van der Waals surface area contributed by atoms with Gasteiger partial charge >= 0.3 is 0 Å². The second-order valence-electron chi connectivity index (χ2n) is 6.49. The highest BCUT2D eigenvalue weighted by molar-refractivity contribution is 7.09. The number of carbonyl (C=O) groups excluding carboxylic acids is 1. The number of pyridine rings is 1. The van der Waals surface area contributed by atoms with Crippen LogP contribution in [-0.4, -0.2) is 28.6 Å². The summed E-state index contributed by atoms with van der Waals surface area (Å²) in [6.45, 7) is 6.36. The number of amides is 1. The van der Waals surface area contributed by atoms with Crippen molar-refractivity contribution in [1.29, 1.82) is 0 Å². The molecule has 0 fully saturated rings. The number of hydrogen-bond acceptors (Lipinski definition) is 6. The average molecular weight is 398 g/mol. The van der Waals surface area contributed by atoms with E-state index in [2.05, 4.69) is 15.3 Å². The first-order valence-corrected chi connectivity index (χ1v) is 9.95. The Morgan fingerprint density at radius 1 is 1.18 bits per heavy atom. The Morgan fingerprint density at radius 2 is 2.00 bits per heavy atom. The van der Waals surface area contributed by atoms with Crippen LogP contribution in [0, 0.1) is 6.92 Å². The molecule has 0 saturated carbocycles. The van der Waals surface area contributed by atoms with Crippen molar-refractivity contribution in [3.63, 3.8) is 0 Å². The summed E-state index contributed by atoms with van der Waals surface area (Å²) in [7, 11) is 0. The Labute approximate surface area is 168 Å². The maximum Gasteiger partial charge on any atom is 0.257 e. The number of nitrogens with one attached hydrogen (secondary N) is 1. The van der Waals surface area contributed by atoms with E-state index in [0.29, 0.717) is 29.5 Å². The molecule has 0 aliphatic rings. The van der Waals surface area contributed by atoms with E-state index >= 15 is 0 Å². The van der Waals surface area contributed by atoms with Gasteiger partial charge < -0.3 is 14.8 Å². The number of thiazole rings is 1. The number of hydrogen-bond donors (Lipinski definition) is 1. The second-order valence-corrected chi connectivity index (χ2v) is 7.43. The van der Waals surface area contributed by atoms with Crippen LogP contribution in [0.4, 0.5) is 5.82 Å². The van der Waals surface area contributed by atoms with Gasteiger partial charge in [0.2, 0.25) is 0 Å². The van der Waals surface area contributed by atoms with E-state index in [9.17, 15) is 4.79 Å². The molecule has 3 rings (SSSR count). The lowest BCUT2D eigenvalue weighted by Crippen LogP contribution is -2.14.